The molecule has 1 heterocycles. The predicted molar refractivity (Wildman–Crippen MR) is 66.2 cm³/mol. The van der Waals surface area contributed by atoms with E-state index < -0.39 is 0 Å². The molecule has 16 heavy (non-hydrogen) atoms. The number of anilines is 1. The summed E-state index contributed by atoms with van der Waals surface area (Å²) in [6, 6.07) is 8.67. The van der Waals surface area contributed by atoms with E-state index in [9.17, 15) is 0 Å². The molecule has 0 unspecified atom stereocenters. The third-order valence-electron chi connectivity index (χ3n) is 2.20. The lowest BCUT2D eigenvalue weighted by Gasteiger charge is -2.10. The number of nitrogens with one attached hydrogen (secondary N) is 1. The summed E-state index contributed by atoms with van der Waals surface area (Å²) in [5, 5.41) is 3.35. The molecule has 0 atom stereocenters. The quantitative estimate of drug-likeness (QED) is 0.851. The molecule has 0 saturated heterocycles. The van der Waals surface area contributed by atoms with Gasteiger partial charge in [0.2, 0.25) is 0 Å². The number of benzene rings is 1. The predicted octanol–water partition coefficient (Wildman–Crippen LogP) is 2.96. The van der Waals surface area contributed by atoms with E-state index in [0.29, 0.717) is 6.04 Å². The molecule has 0 spiro atoms. The SMILES string of the molecule is CC(C)Nc1ccc(-c2cnccn2)cc1. The molecule has 3 nitrogen and oxygen atoms in total. The van der Waals surface area contributed by atoms with Crippen LogP contribution in [0.15, 0.2) is 42.9 Å². The van der Waals surface area contributed by atoms with Gasteiger partial charge >= 0.3 is 0 Å². The number of hydrogen-bond acceptors (Lipinski definition) is 3. The Balaban J connectivity index is 2.20. The Hall–Kier alpha value is -1.90. The molecule has 2 aromatic rings. The van der Waals surface area contributed by atoms with Gasteiger partial charge in [0.25, 0.3) is 0 Å². The van der Waals surface area contributed by atoms with Gasteiger partial charge in [-0.25, -0.2) is 0 Å². The third-order valence-corrected chi connectivity index (χ3v) is 2.20. The van der Waals surface area contributed by atoms with Crippen molar-refractivity contribution in [2.75, 3.05) is 5.32 Å². The Morgan fingerprint density at radius 2 is 1.81 bits per heavy atom. The maximum atomic E-state index is 4.26. The second kappa shape index (κ2) is 4.75. The summed E-state index contributed by atoms with van der Waals surface area (Å²) in [7, 11) is 0. The van der Waals surface area contributed by atoms with Crippen LogP contribution in [0.5, 0.6) is 0 Å². The first-order chi connectivity index (χ1) is 7.75. The minimum atomic E-state index is 0.447. The van der Waals surface area contributed by atoms with Crippen LogP contribution >= 0.6 is 0 Å². The van der Waals surface area contributed by atoms with E-state index in [2.05, 4.69) is 53.4 Å². The summed E-state index contributed by atoms with van der Waals surface area (Å²) in [5.41, 5.74) is 3.11. The van der Waals surface area contributed by atoms with E-state index in [4.69, 9.17) is 0 Å². The molecule has 0 amide bonds. The number of hydrogen-bond donors (Lipinski definition) is 1. The van der Waals surface area contributed by atoms with Crippen LogP contribution in [-0.2, 0) is 0 Å². The smallest absolute Gasteiger partial charge is 0.0885 e. The summed E-state index contributed by atoms with van der Waals surface area (Å²) in [5.74, 6) is 0. The van der Waals surface area contributed by atoms with Crippen LogP contribution in [0.1, 0.15) is 13.8 Å². The molecule has 1 aromatic heterocycles. The van der Waals surface area contributed by atoms with Crippen molar-refractivity contribution in [1.82, 2.24) is 9.97 Å². The van der Waals surface area contributed by atoms with Crippen LogP contribution in [0.4, 0.5) is 5.69 Å². The number of nitrogens with zero attached hydrogens (tertiary/aromatic N) is 2. The average Bonchev–Trinajstić information content (AvgIpc) is 2.30. The monoisotopic (exact) mass is 213 g/mol. The van der Waals surface area contributed by atoms with Crippen LogP contribution in [0.2, 0.25) is 0 Å². The summed E-state index contributed by atoms with van der Waals surface area (Å²) >= 11 is 0. The van der Waals surface area contributed by atoms with E-state index in [1.54, 1.807) is 18.6 Å². The van der Waals surface area contributed by atoms with Crippen molar-refractivity contribution < 1.29 is 0 Å². The minimum absolute atomic E-state index is 0.447. The average molecular weight is 213 g/mol. The fraction of sp³-hybridized carbons (Fsp3) is 0.231. The van der Waals surface area contributed by atoms with E-state index in [-0.39, 0.29) is 0 Å². The first-order valence-electron chi connectivity index (χ1n) is 5.38. The molecule has 0 aliphatic rings. The van der Waals surface area contributed by atoms with Gasteiger partial charge in [0, 0.05) is 29.7 Å². The van der Waals surface area contributed by atoms with Gasteiger partial charge < -0.3 is 5.32 Å². The second-order valence-electron chi connectivity index (χ2n) is 3.97. The maximum absolute atomic E-state index is 4.26. The molecule has 0 fully saturated rings. The Labute approximate surface area is 95.6 Å². The Bertz CT molecular complexity index is 434. The normalized spacial score (nSPS) is 10.4. The molecule has 2 rings (SSSR count). The van der Waals surface area contributed by atoms with Crippen molar-refractivity contribution in [3.8, 4) is 11.3 Å². The molecule has 0 aliphatic heterocycles. The van der Waals surface area contributed by atoms with Gasteiger partial charge in [-0.2, -0.15) is 0 Å². The lowest BCUT2D eigenvalue weighted by atomic mass is 10.1. The van der Waals surface area contributed by atoms with Crippen LogP contribution in [-0.4, -0.2) is 16.0 Å². The zero-order valence-corrected chi connectivity index (χ0v) is 9.51. The van der Waals surface area contributed by atoms with Crippen molar-refractivity contribution in [1.29, 1.82) is 0 Å². The topological polar surface area (TPSA) is 37.8 Å². The van der Waals surface area contributed by atoms with E-state index >= 15 is 0 Å². The molecule has 1 N–H and O–H groups in total. The summed E-state index contributed by atoms with van der Waals surface area (Å²) < 4.78 is 0. The Morgan fingerprint density at radius 1 is 1.06 bits per heavy atom. The molecular weight excluding hydrogens is 198 g/mol. The molecule has 1 aromatic carbocycles. The van der Waals surface area contributed by atoms with Gasteiger partial charge in [-0.3, -0.25) is 9.97 Å². The van der Waals surface area contributed by atoms with Crippen molar-refractivity contribution in [3.63, 3.8) is 0 Å². The lowest BCUT2D eigenvalue weighted by Crippen LogP contribution is -2.09. The van der Waals surface area contributed by atoms with E-state index in [1.807, 2.05) is 0 Å². The second-order valence-corrected chi connectivity index (χ2v) is 3.97. The van der Waals surface area contributed by atoms with Crippen LogP contribution in [0.3, 0.4) is 0 Å². The van der Waals surface area contributed by atoms with Crippen molar-refractivity contribution in [2.45, 2.75) is 19.9 Å². The van der Waals surface area contributed by atoms with Crippen LogP contribution in [0, 0.1) is 0 Å². The third kappa shape index (κ3) is 2.57. The molecule has 3 heteroatoms. The highest BCUT2D eigenvalue weighted by atomic mass is 14.9. The van der Waals surface area contributed by atoms with Gasteiger partial charge in [0.1, 0.15) is 0 Å². The number of aromatic nitrogens is 2. The summed E-state index contributed by atoms with van der Waals surface area (Å²) in [6.07, 6.45) is 5.15. The van der Waals surface area contributed by atoms with Crippen molar-refractivity contribution >= 4 is 5.69 Å². The largest absolute Gasteiger partial charge is 0.383 e. The highest BCUT2D eigenvalue weighted by Gasteiger charge is 1.99. The van der Waals surface area contributed by atoms with Gasteiger partial charge in [-0.1, -0.05) is 12.1 Å². The zero-order chi connectivity index (χ0) is 11.4. The molecule has 0 saturated carbocycles. The van der Waals surface area contributed by atoms with Gasteiger partial charge in [0.05, 0.1) is 11.9 Å². The Morgan fingerprint density at radius 3 is 2.38 bits per heavy atom. The Kier molecular flexibility index (Phi) is 3.15. The molecular formula is C13H15N3. The summed E-state index contributed by atoms with van der Waals surface area (Å²) in [4.78, 5) is 8.31. The standard InChI is InChI=1S/C13H15N3/c1-10(2)16-12-5-3-11(4-6-12)13-9-14-7-8-15-13/h3-10,16H,1-2H3. The van der Waals surface area contributed by atoms with Gasteiger partial charge in [0.15, 0.2) is 0 Å². The fourth-order valence-electron chi connectivity index (χ4n) is 1.52. The first kappa shape index (κ1) is 10.6. The molecule has 0 radical (unpaired) electrons. The van der Waals surface area contributed by atoms with Crippen LogP contribution < -0.4 is 5.32 Å². The summed E-state index contributed by atoms with van der Waals surface area (Å²) in [6.45, 7) is 4.24. The molecule has 82 valence electrons. The maximum Gasteiger partial charge on any atom is 0.0885 e. The minimum Gasteiger partial charge on any atom is -0.383 e. The van der Waals surface area contributed by atoms with E-state index in [0.717, 1.165) is 16.9 Å². The highest BCUT2D eigenvalue weighted by Crippen LogP contribution is 2.18. The van der Waals surface area contributed by atoms with Gasteiger partial charge in [-0.15, -0.1) is 0 Å². The molecule has 0 bridgehead atoms. The number of rotatable bonds is 3. The fourth-order valence-corrected chi connectivity index (χ4v) is 1.52. The molecule has 0 aliphatic carbocycles. The van der Waals surface area contributed by atoms with Crippen molar-refractivity contribution in [2.24, 2.45) is 0 Å². The van der Waals surface area contributed by atoms with Crippen LogP contribution in [0.25, 0.3) is 11.3 Å². The van der Waals surface area contributed by atoms with Crippen molar-refractivity contribution in [3.05, 3.63) is 42.9 Å². The lowest BCUT2D eigenvalue weighted by molar-refractivity contribution is 0.900. The van der Waals surface area contributed by atoms with E-state index in [1.165, 1.54) is 0 Å². The highest BCUT2D eigenvalue weighted by molar-refractivity contribution is 5.61. The zero-order valence-electron chi connectivity index (χ0n) is 9.51. The first-order valence-corrected chi connectivity index (χ1v) is 5.38. The van der Waals surface area contributed by atoms with Gasteiger partial charge in [-0.05, 0) is 26.0 Å².